The number of rotatable bonds is 2. The Labute approximate surface area is 103 Å². The zero-order valence-corrected chi connectivity index (χ0v) is 10.3. The van der Waals surface area contributed by atoms with E-state index in [1.54, 1.807) is 0 Å². The number of benzene rings is 1. The van der Waals surface area contributed by atoms with Crippen LogP contribution in [0, 0.1) is 0 Å². The number of hydrogen-bond donors (Lipinski definition) is 1. The average Bonchev–Trinajstić information content (AvgIpc) is 2.29. The summed E-state index contributed by atoms with van der Waals surface area (Å²) in [4.78, 5) is 11.3. The predicted molar refractivity (Wildman–Crippen MR) is 65.3 cm³/mol. The van der Waals surface area contributed by atoms with Crippen LogP contribution in [0.1, 0.15) is 18.0 Å². The van der Waals surface area contributed by atoms with E-state index in [2.05, 4.69) is 27.8 Å². The largest absolute Gasteiger partial charge is 0.493 e. The minimum atomic E-state index is -0.155. The maximum Gasteiger partial charge on any atom is 0.243 e. The van der Waals surface area contributed by atoms with E-state index in [1.165, 1.54) is 6.08 Å². The molecule has 0 unspecified atom stereocenters. The number of nitrogens with one attached hydrogen (secondary N) is 1. The molecular weight excluding hydrogens is 270 g/mol. The van der Waals surface area contributed by atoms with E-state index in [0.717, 1.165) is 22.2 Å². The number of fused-ring (bicyclic) bond motifs is 1. The van der Waals surface area contributed by atoms with Crippen LogP contribution in [0.15, 0.2) is 35.3 Å². The van der Waals surface area contributed by atoms with Gasteiger partial charge >= 0.3 is 0 Å². The van der Waals surface area contributed by atoms with Gasteiger partial charge in [-0.05, 0) is 24.3 Å². The fraction of sp³-hybridized carbons (Fsp3) is 0.250. The van der Waals surface area contributed by atoms with Gasteiger partial charge in [0.25, 0.3) is 0 Å². The number of halogens is 1. The van der Waals surface area contributed by atoms with Gasteiger partial charge in [0.05, 0.1) is 12.6 Å². The van der Waals surface area contributed by atoms with E-state index in [0.29, 0.717) is 6.61 Å². The third-order valence-corrected chi connectivity index (χ3v) is 3.01. The van der Waals surface area contributed by atoms with Crippen LogP contribution in [-0.4, -0.2) is 12.5 Å². The van der Waals surface area contributed by atoms with Crippen LogP contribution in [0.2, 0.25) is 0 Å². The Morgan fingerprint density at radius 2 is 2.44 bits per heavy atom. The highest BCUT2D eigenvalue weighted by atomic mass is 79.9. The second kappa shape index (κ2) is 4.70. The van der Waals surface area contributed by atoms with Crippen LogP contribution in [0.25, 0.3) is 0 Å². The first kappa shape index (κ1) is 11.2. The lowest BCUT2D eigenvalue weighted by Crippen LogP contribution is -2.30. The first-order chi connectivity index (χ1) is 7.70. The molecule has 16 heavy (non-hydrogen) atoms. The molecule has 1 N–H and O–H groups in total. The quantitative estimate of drug-likeness (QED) is 0.847. The summed E-state index contributed by atoms with van der Waals surface area (Å²) in [5, 5.41) is 2.89. The molecule has 1 aromatic carbocycles. The molecule has 0 bridgehead atoms. The maximum absolute atomic E-state index is 11.3. The van der Waals surface area contributed by atoms with Crippen molar-refractivity contribution in [1.29, 1.82) is 0 Å². The van der Waals surface area contributed by atoms with Crippen molar-refractivity contribution in [2.45, 2.75) is 12.5 Å². The number of ether oxygens (including phenoxy) is 1. The second-order valence-electron chi connectivity index (χ2n) is 3.58. The Morgan fingerprint density at radius 3 is 3.19 bits per heavy atom. The molecule has 4 heteroatoms. The van der Waals surface area contributed by atoms with Crippen molar-refractivity contribution in [1.82, 2.24) is 5.32 Å². The molecule has 0 aromatic heterocycles. The Hall–Kier alpha value is -1.29. The lowest BCUT2D eigenvalue weighted by molar-refractivity contribution is -0.117. The summed E-state index contributed by atoms with van der Waals surface area (Å²) in [5.41, 5.74) is 1.01. The van der Waals surface area contributed by atoms with Crippen LogP contribution in [0.4, 0.5) is 0 Å². The van der Waals surface area contributed by atoms with Gasteiger partial charge in [0, 0.05) is 16.5 Å². The van der Waals surface area contributed by atoms with Gasteiger partial charge in [-0.3, -0.25) is 4.79 Å². The summed E-state index contributed by atoms with van der Waals surface area (Å²) in [6.07, 6.45) is 2.07. The first-order valence-corrected chi connectivity index (χ1v) is 5.85. The summed E-state index contributed by atoms with van der Waals surface area (Å²) in [7, 11) is 0. The van der Waals surface area contributed by atoms with Gasteiger partial charge in [0.2, 0.25) is 5.91 Å². The second-order valence-corrected chi connectivity index (χ2v) is 4.50. The molecule has 2 rings (SSSR count). The SMILES string of the molecule is C=CC(=O)N[C@H]1CCOc2ccc(Br)cc21. The smallest absolute Gasteiger partial charge is 0.243 e. The molecule has 0 saturated heterocycles. The third kappa shape index (κ3) is 2.27. The Balaban J connectivity index is 2.28. The van der Waals surface area contributed by atoms with Crippen molar-refractivity contribution < 1.29 is 9.53 Å². The number of hydrogen-bond acceptors (Lipinski definition) is 2. The highest BCUT2D eigenvalue weighted by molar-refractivity contribution is 9.10. The fourth-order valence-electron chi connectivity index (χ4n) is 1.75. The van der Waals surface area contributed by atoms with Crippen LogP contribution in [0.5, 0.6) is 5.75 Å². The first-order valence-electron chi connectivity index (χ1n) is 5.06. The van der Waals surface area contributed by atoms with Crippen molar-refractivity contribution >= 4 is 21.8 Å². The molecule has 1 atom stereocenters. The van der Waals surface area contributed by atoms with E-state index in [9.17, 15) is 4.79 Å². The van der Waals surface area contributed by atoms with Gasteiger partial charge in [-0.25, -0.2) is 0 Å². The Morgan fingerprint density at radius 1 is 1.62 bits per heavy atom. The van der Waals surface area contributed by atoms with Gasteiger partial charge in [-0.15, -0.1) is 0 Å². The van der Waals surface area contributed by atoms with Crippen LogP contribution < -0.4 is 10.1 Å². The topological polar surface area (TPSA) is 38.3 Å². The van der Waals surface area contributed by atoms with Crippen molar-refractivity contribution in [3.05, 3.63) is 40.9 Å². The zero-order chi connectivity index (χ0) is 11.5. The van der Waals surface area contributed by atoms with Crippen LogP contribution in [0.3, 0.4) is 0 Å². The highest BCUT2D eigenvalue weighted by Gasteiger charge is 2.22. The lowest BCUT2D eigenvalue weighted by atomic mass is 10.0. The predicted octanol–water partition coefficient (Wildman–Crippen LogP) is 2.57. The molecule has 0 spiro atoms. The highest BCUT2D eigenvalue weighted by Crippen LogP contribution is 2.33. The molecule has 1 aliphatic heterocycles. The molecule has 1 heterocycles. The van der Waals surface area contributed by atoms with Gasteiger partial charge in [-0.2, -0.15) is 0 Å². The third-order valence-electron chi connectivity index (χ3n) is 2.51. The normalized spacial score (nSPS) is 18.2. The summed E-state index contributed by atoms with van der Waals surface area (Å²) in [5.74, 6) is 0.682. The minimum Gasteiger partial charge on any atom is -0.493 e. The summed E-state index contributed by atoms with van der Waals surface area (Å²) >= 11 is 3.41. The molecule has 0 radical (unpaired) electrons. The van der Waals surface area contributed by atoms with Crippen LogP contribution >= 0.6 is 15.9 Å². The number of carbonyl (C=O) groups excluding carboxylic acids is 1. The van der Waals surface area contributed by atoms with Crippen molar-refractivity contribution in [2.24, 2.45) is 0 Å². The van der Waals surface area contributed by atoms with E-state index in [4.69, 9.17) is 4.74 Å². The number of amides is 1. The molecule has 0 aliphatic carbocycles. The van der Waals surface area contributed by atoms with E-state index < -0.39 is 0 Å². The average molecular weight is 282 g/mol. The zero-order valence-electron chi connectivity index (χ0n) is 8.70. The van der Waals surface area contributed by atoms with E-state index >= 15 is 0 Å². The molecule has 0 fully saturated rings. The molecule has 0 saturated carbocycles. The molecular formula is C12H12BrNO2. The van der Waals surface area contributed by atoms with Crippen molar-refractivity contribution in [2.75, 3.05) is 6.61 Å². The van der Waals surface area contributed by atoms with Crippen LogP contribution in [-0.2, 0) is 4.79 Å². The van der Waals surface area contributed by atoms with Gasteiger partial charge in [0.1, 0.15) is 5.75 Å². The molecule has 1 aromatic rings. The van der Waals surface area contributed by atoms with Gasteiger partial charge in [-0.1, -0.05) is 22.5 Å². The maximum atomic E-state index is 11.3. The fourth-order valence-corrected chi connectivity index (χ4v) is 2.12. The Bertz CT molecular complexity index is 431. The van der Waals surface area contributed by atoms with Crippen molar-refractivity contribution in [3.8, 4) is 5.75 Å². The van der Waals surface area contributed by atoms with Gasteiger partial charge < -0.3 is 10.1 Å². The van der Waals surface area contributed by atoms with E-state index in [-0.39, 0.29) is 11.9 Å². The summed E-state index contributed by atoms with van der Waals surface area (Å²) in [6, 6.07) is 5.82. The minimum absolute atomic E-state index is 0.00625. The molecule has 84 valence electrons. The standard InChI is InChI=1S/C12H12BrNO2/c1-2-12(15)14-10-5-6-16-11-4-3-8(13)7-9(10)11/h2-4,7,10H,1,5-6H2,(H,14,15)/t10-/m0/s1. The molecule has 1 aliphatic rings. The monoisotopic (exact) mass is 281 g/mol. The number of carbonyl (C=O) groups is 1. The summed E-state index contributed by atoms with van der Waals surface area (Å²) in [6.45, 7) is 4.07. The van der Waals surface area contributed by atoms with Gasteiger partial charge in [0.15, 0.2) is 0 Å². The lowest BCUT2D eigenvalue weighted by Gasteiger charge is -2.26. The molecule has 3 nitrogen and oxygen atoms in total. The summed E-state index contributed by atoms with van der Waals surface area (Å²) < 4.78 is 6.51. The molecule has 1 amide bonds. The van der Waals surface area contributed by atoms with Crippen molar-refractivity contribution in [3.63, 3.8) is 0 Å². The Kier molecular flexibility index (Phi) is 3.29. The van der Waals surface area contributed by atoms with E-state index in [1.807, 2.05) is 18.2 Å².